The zero-order valence-electron chi connectivity index (χ0n) is 51.2. The Kier molecular flexibility index (Phi) is 32.6. The number of nitrogens with two attached hydrogens (primary N) is 2. The van der Waals surface area contributed by atoms with E-state index in [0.29, 0.717) is 59.4 Å². The number of aromatic amines is 2. The number of para-hydroxylation sites is 1. The number of hydrogen-bond donors (Lipinski definition) is 16. The first-order valence-corrected chi connectivity index (χ1v) is 31.0. The van der Waals surface area contributed by atoms with Crippen LogP contribution in [0.5, 0.6) is 0 Å². The molecular formula is C56H87N19O10S3. The molecule has 2 aromatic heterocycles. The fourth-order valence-corrected chi connectivity index (χ4v) is 9.11. The Balaban J connectivity index is 1.68. The van der Waals surface area contributed by atoms with Crippen LogP contribution in [0.2, 0.25) is 0 Å². The third-order valence-corrected chi connectivity index (χ3v) is 14.7. The SMILES string of the molecule is CNC(=S)N/N=C(C)/C(C)=N/NC(=S)NCCCCCC(=O)NC(CCC(N)=O)C(=O)NC(Cc1c[nH]c2ccccc12)C(=O)NC(C)C(=O)NC(C(=O)NCC(=O)NC(Cc1cnc[nH]1)C(=O)NC(CC(C)C)C(=O)NC(CCSC)C(N)=O)C(C)C. The van der Waals surface area contributed by atoms with Crippen LogP contribution < -0.4 is 75.5 Å². The van der Waals surface area contributed by atoms with Gasteiger partial charge >= 0.3 is 0 Å². The maximum absolute atomic E-state index is 14.3. The molecule has 18 N–H and O–H groups in total. The van der Waals surface area contributed by atoms with E-state index in [0.717, 1.165) is 10.9 Å². The van der Waals surface area contributed by atoms with Gasteiger partial charge < -0.3 is 74.6 Å². The lowest BCUT2D eigenvalue weighted by molar-refractivity contribution is -0.135. The molecule has 2 heterocycles. The largest absolute Gasteiger partial charge is 0.370 e. The number of rotatable bonds is 38. The second-order valence-corrected chi connectivity index (χ2v) is 23.3. The highest BCUT2D eigenvalue weighted by Crippen LogP contribution is 2.20. The summed E-state index contributed by atoms with van der Waals surface area (Å²) in [6, 6.07) is -1.29. The van der Waals surface area contributed by atoms with Crippen LogP contribution in [0.3, 0.4) is 0 Å². The Morgan fingerprint density at radius 1 is 0.648 bits per heavy atom. The minimum atomic E-state index is -1.35. The molecule has 0 aliphatic heterocycles. The van der Waals surface area contributed by atoms with Crippen LogP contribution in [-0.2, 0) is 60.8 Å². The number of nitrogens with zero attached hydrogens (tertiary/aromatic N) is 3. The van der Waals surface area contributed by atoms with Crippen molar-refractivity contribution < 1.29 is 47.9 Å². The van der Waals surface area contributed by atoms with E-state index in [1.165, 1.54) is 31.2 Å². The van der Waals surface area contributed by atoms with Gasteiger partial charge in [0.1, 0.15) is 42.3 Å². The number of thioether (sulfide) groups is 1. The number of hydrazone groups is 2. The Hall–Kier alpha value is -8.26. The number of imidazole rings is 1. The number of H-pyrrole nitrogens is 2. The predicted molar refractivity (Wildman–Crippen MR) is 345 cm³/mol. The van der Waals surface area contributed by atoms with Crippen molar-refractivity contribution >= 4 is 128 Å². The highest BCUT2D eigenvalue weighted by Gasteiger charge is 2.34. The van der Waals surface area contributed by atoms with E-state index in [1.807, 2.05) is 38.3 Å². The number of carbonyl (C=O) groups excluding carboxylic acids is 10. The molecular weight excluding hydrogens is 1190 g/mol. The Bertz CT molecular complexity index is 2940. The van der Waals surface area contributed by atoms with Crippen LogP contribution in [-0.4, -0.2) is 170 Å². The normalized spacial score (nSPS) is 13.9. The molecule has 0 spiro atoms. The van der Waals surface area contributed by atoms with Crippen LogP contribution in [0.4, 0.5) is 0 Å². The summed E-state index contributed by atoms with van der Waals surface area (Å²) in [4.78, 5) is 144. The smallest absolute Gasteiger partial charge is 0.243 e. The minimum Gasteiger partial charge on any atom is -0.370 e. The van der Waals surface area contributed by atoms with E-state index in [2.05, 4.69) is 89.2 Å². The van der Waals surface area contributed by atoms with E-state index in [9.17, 15) is 47.9 Å². The van der Waals surface area contributed by atoms with Crippen LogP contribution >= 0.6 is 36.2 Å². The summed E-state index contributed by atoms with van der Waals surface area (Å²) in [5, 5.41) is 36.6. The number of primary amides is 2. The van der Waals surface area contributed by atoms with E-state index >= 15 is 0 Å². The van der Waals surface area contributed by atoms with Gasteiger partial charge in [-0.25, -0.2) is 4.98 Å². The summed E-state index contributed by atoms with van der Waals surface area (Å²) >= 11 is 11.8. The van der Waals surface area contributed by atoms with Gasteiger partial charge in [0.15, 0.2) is 10.2 Å². The zero-order valence-corrected chi connectivity index (χ0v) is 53.7. The van der Waals surface area contributed by atoms with E-state index in [1.54, 1.807) is 47.0 Å². The molecule has 0 fully saturated rings. The van der Waals surface area contributed by atoms with Crippen LogP contribution in [0.25, 0.3) is 10.9 Å². The van der Waals surface area contributed by atoms with Gasteiger partial charge in [-0.3, -0.25) is 58.8 Å². The lowest BCUT2D eigenvalue weighted by atomic mass is 10.0. The van der Waals surface area contributed by atoms with Crippen molar-refractivity contribution in [2.45, 2.75) is 155 Å². The van der Waals surface area contributed by atoms with Gasteiger partial charge in [-0.1, -0.05) is 52.3 Å². The summed E-state index contributed by atoms with van der Waals surface area (Å²) in [7, 11) is 1.67. The van der Waals surface area contributed by atoms with E-state index < -0.39 is 114 Å². The lowest BCUT2D eigenvalue weighted by Crippen LogP contribution is -2.59. The number of fused-ring (bicyclic) bond motifs is 1. The maximum Gasteiger partial charge on any atom is 0.243 e. The second-order valence-electron chi connectivity index (χ2n) is 21.5. The standard InChI is InChI=1S/C56H87N19O10S3/c1-30(2)23-41(52(83)68-39(48(58)79)20-22-88-9)69-53(84)43(25-36-27-60-29-64-36)67-46(78)28-63-54(85)47(31(3)4)71-49(80)34(7)65-51(82)42(24-35-26-62-38-16-13-12-15-37(35)38)70-50(81)40(18-19-44(57)76)66-45(77)17-11-10-14-21-61-56(87)75-73-33(6)32(5)72-74-55(86)59-8/h12-13,15-16,26-27,29-31,34,39-43,47,62H,10-11,14,17-25,28H2,1-9H3,(H2,57,76)(H2,58,79)(H,60,64)(H,63,85)(H,65,82)(H,66,77)(H,67,78)(H,68,83)(H,69,84)(H,70,81)(H,71,80)(H2,59,74,86)(H2,61,75,87)/b72-32+,73-33+. The van der Waals surface area contributed by atoms with Gasteiger partial charge in [0.25, 0.3) is 0 Å². The molecule has 0 saturated heterocycles. The molecule has 10 amide bonds. The van der Waals surface area contributed by atoms with Gasteiger partial charge in [-0.15, -0.1) is 0 Å². The molecule has 88 heavy (non-hydrogen) atoms. The number of hydrogen-bond acceptors (Lipinski definition) is 16. The minimum absolute atomic E-state index is 0.0276. The summed E-state index contributed by atoms with van der Waals surface area (Å²) < 4.78 is 0. The van der Waals surface area contributed by atoms with Crippen molar-refractivity contribution in [2.75, 3.05) is 32.1 Å². The summed E-state index contributed by atoms with van der Waals surface area (Å²) in [6.45, 7) is 11.7. The molecule has 7 atom stereocenters. The highest BCUT2D eigenvalue weighted by molar-refractivity contribution is 7.98. The van der Waals surface area contributed by atoms with Crippen molar-refractivity contribution in [3.63, 3.8) is 0 Å². The fraction of sp³-hybridized carbons (Fsp3) is 0.554. The average Bonchev–Trinajstić information content (AvgIpc) is 3.60. The Labute approximate surface area is 527 Å². The first-order valence-electron chi connectivity index (χ1n) is 28.8. The van der Waals surface area contributed by atoms with E-state index in [4.69, 9.17) is 35.9 Å². The van der Waals surface area contributed by atoms with Crippen molar-refractivity contribution in [3.8, 4) is 0 Å². The van der Waals surface area contributed by atoms with Gasteiger partial charge in [0.2, 0.25) is 59.1 Å². The number of aromatic nitrogens is 3. The molecule has 7 unspecified atom stereocenters. The van der Waals surface area contributed by atoms with Gasteiger partial charge in [0, 0.05) is 68.3 Å². The molecule has 0 bridgehead atoms. The van der Waals surface area contributed by atoms with Gasteiger partial charge in [0.05, 0.1) is 24.3 Å². The third-order valence-electron chi connectivity index (χ3n) is 13.5. The first-order chi connectivity index (χ1) is 41.7. The molecule has 0 aliphatic rings. The Morgan fingerprint density at radius 3 is 1.89 bits per heavy atom. The lowest BCUT2D eigenvalue weighted by Gasteiger charge is -2.26. The number of carbonyl (C=O) groups is 10. The van der Waals surface area contributed by atoms with Crippen molar-refractivity contribution in [1.82, 2.24) is 79.0 Å². The third kappa shape index (κ3) is 27.2. The summed E-state index contributed by atoms with van der Waals surface area (Å²) in [5.74, 6) is -7.38. The highest BCUT2D eigenvalue weighted by atomic mass is 32.2. The van der Waals surface area contributed by atoms with Gasteiger partial charge in [-0.05, 0) is 113 Å². The number of amides is 10. The zero-order chi connectivity index (χ0) is 65.5. The van der Waals surface area contributed by atoms with Gasteiger partial charge in [-0.2, -0.15) is 22.0 Å². The molecule has 0 aliphatic carbocycles. The van der Waals surface area contributed by atoms with Crippen molar-refractivity contribution in [2.24, 2.45) is 33.5 Å². The second kappa shape index (κ2) is 38.8. The molecule has 0 saturated carbocycles. The quantitative estimate of drug-likeness (QED) is 0.0146. The van der Waals surface area contributed by atoms with Crippen LogP contribution in [0.15, 0.2) is 53.2 Å². The molecule has 29 nitrogen and oxygen atoms in total. The average molecular weight is 1280 g/mol. The number of thiocarbonyl (C=S) groups is 2. The maximum atomic E-state index is 14.3. The topological polar surface area (TPSA) is 436 Å². The van der Waals surface area contributed by atoms with E-state index in [-0.39, 0.29) is 56.0 Å². The van der Waals surface area contributed by atoms with Crippen LogP contribution in [0, 0.1) is 11.8 Å². The molecule has 0 radical (unpaired) electrons. The monoisotopic (exact) mass is 1280 g/mol. The summed E-state index contributed by atoms with van der Waals surface area (Å²) in [6.07, 6.45) is 7.87. The van der Waals surface area contributed by atoms with Crippen LogP contribution in [0.1, 0.15) is 111 Å². The fourth-order valence-electron chi connectivity index (χ4n) is 8.45. The molecule has 3 rings (SSSR count). The number of benzene rings is 1. The molecule has 32 heteroatoms. The molecule has 484 valence electrons. The van der Waals surface area contributed by atoms with Crippen molar-refractivity contribution in [1.29, 1.82) is 0 Å². The molecule has 3 aromatic rings. The number of nitrogens with one attached hydrogen (secondary N) is 14. The predicted octanol–water partition coefficient (Wildman–Crippen LogP) is -0.718. The molecule has 1 aromatic carbocycles. The van der Waals surface area contributed by atoms with Crippen molar-refractivity contribution in [3.05, 3.63) is 54.2 Å². The number of unbranched alkanes of at least 4 members (excludes halogenated alkanes) is 2. The first kappa shape index (κ1) is 74.0. The summed E-state index contributed by atoms with van der Waals surface area (Å²) in [5.41, 5.74) is 19.4. The Morgan fingerprint density at radius 2 is 1.26 bits per heavy atom.